The summed E-state index contributed by atoms with van der Waals surface area (Å²) in [6.07, 6.45) is -0.181. The second-order valence-corrected chi connectivity index (χ2v) is 5.49. The minimum atomic E-state index is -1.26. The maximum Gasteiger partial charge on any atom is 0.288 e. The molecule has 12 heteroatoms. The van der Waals surface area contributed by atoms with Gasteiger partial charge in [-0.3, -0.25) is 24.8 Å². The van der Waals surface area contributed by atoms with Crippen LogP contribution in [0.25, 0.3) is 0 Å². The average molecular weight is 378 g/mol. The SMILES string of the molecule is O=C(CCNC(=O)c1ncn[nH]1)N[C@H](CO)[C@H](O)c1ccc([N+](=O)[O-])cc1. The van der Waals surface area contributed by atoms with E-state index in [0.29, 0.717) is 5.56 Å². The van der Waals surface area contributed by atoms with E-state index in [1.54, 1.807) is 0 Å². The van der Waals surface area contributed by atoms with E-state index in [9.17, 15) is 29.9 Å². The highest BCUT2D eigenvalue weighted by atomic mass is 16.6. The summed E-state index contributed by atoms with van der Waals surface area (Å²) >= 11 is 0. The first-order valence-electron chi connectivity index (χ1n) is 7.88. The van der Waals surface area contributed by atoms with Crippen LogP contribution in [-0.2, 0) is 4.79 Å². The summed E-state index contributed by atoms with van der Waals surface area (Å²) in [6, 6.07) is 4.11. The standard InChI is InChI=1S/C15H18N6O6/c22-7-11(13(24)9-1-3-10(4-2-9)21(26)27)19-12(23)5-6-16-15(25)14-17-8-18-20-14/h1-4,8,11,13,22,24H,5-7H2,(H,16,25)(H,19,23)(H,17,18,20)/t11-,13-/m1/s1. The molecule has 27 heavy (non-hydrogen) atoms. The summed E-state index contributed by atoms with van der Waals surface area (Å²) in [4.78, 5) is 37.3. The van der Waals surface area contributed by atoms with Crippen molar-refractivity contribution in [1.29, 1.82) is 0 Å². The number of carbonyl (C=O) groups is 2. The van der Waals surface area contributed by atoms with Crippen LogP contribution in [0.15, 0.2) is 30.6 Å². The molecule has 0 saturated carbocycles. The number of nitro groups is 1. The van der Waals surface area contributed by atoms with Crippen LogP contribution in [0.2, 0.25) is 0 Å². The van der Waals surface area contributed by atoms with E-state index >= 15 is 0 Å². The number of aromatic nitrogens is 3. The molecule has 1 heterocycles. The second-order valence-electron chi connectivity index (χ2n) is 5.49. The van der Waals surface area contributed by atoms with Crippen molar-refractivity contribution >= 4 is 17.5 Å². The van der Waals surface area contributed by atoms with E-state index in [0.717, 1.165) is 0 Å². The molecule has 0 bridgehead atoms. The lowest BCUT2D eigenvalue weighted by molar-refractivity contribution is -0.384. The fraction of sp³-hybridized carbons (Fsp3) is 0.333. The molecule has 5 N–H and O–H groups in total. The number of H-pyrrole nitrogens is 1. The highest BCUT2D eigenvalue weighted by Gasteiger charge is 2.23. The second kappa shape index (κ2) is 9.35. The first-order valence-corrected chi connectivity index (χ1v) is 7.88. The van der Waals surface area contributed by atoms with Crippen LogP contribution in [0.5, 0.6) is 0 Å². The number of nitro benzene ring substituents is 1. The highest BCUT2D eigenvalue weighted by molar-refractivity contribution is 5.90. The molecule has 0 radical (unpaired) electrons. The molecule has 0 aliphatic heterocycles. The zero-order valence-electron chi connectivity index (χ0n) is 14.0. The lowest BCUT2D eigenvalue weighted by Gasteiger charge is -2.22. The maximum atomic E-state index is 11.9. The molecule has 1 aromatic heterocycles. The zero-order chi connectivity index (χ0) is 19.8. The minimum Gasteiger partial charge on any atom is -0.394 e. The molecular formula is C15H18N6O6. The van der Waals surface area contributed by atoms with Crippen molar-refractivity contribution < 1.29 is 24.7 Å². The summed E-state index contributed by atoms with van der Waals surface area (Å²) in [5.74, 6) is -1.02. The van der Waals surface area contributed by atoms with Gasteiger partial charge in [-0.1, -0.05) is 0 Å². The van der Waals surface area contributed by atoms with Crippen LogP contribution in [0, 0.1) is 10.1 Å². The number of carbonyl (C=O) groups excluding carboxylic acids is 2. The molecule has 2 aromatic rings. The summed E-state index contributed by atoms with van der Waals surface area (Å²) in [6.45, 7) is -0.536. The number of aliphatic hydroxyl groups is 2. The highest BCUT2D eigenvalue weighted by Crippen LogP contribution is 2.20. The number of benzene rings is 1. The fourth-order valence-electron chi connectivity index (χ4n) is 2.22. The van der Waals surface area contributed by atoms with E-state index in [1.807, 2.05) is 0 Å². The van der Waals surface area contributed by atoms with E-state index < -0.39 is 35.5 Å². The van der Waals surface area contributed by atoms with Gasteiger partial charge in [-0.05, 0) is 17.7 Å². The van der Waals surface area contributed by atoms with Gasteiger partial charge in [0.2, 0.25) is 11.7 Å². The third kappa shape index (κ3) is 5.55. The molecule has 144 valence electrons. The van der Waals surface area contributed by atoms with Gasteiger partial charge in [-0.15, -0.1) is 0 Å². The van der Waals surface area contributed by atoms with Crippen molar-refractivity contribution in [1.82, 2.24) is 25.8 Å². The van der Waals surface area contributed by atoms with Crippen molar-refractivity contribution in [3.63, 3.8) is 0 Å². The van der Waals surface area contributed by atoms with Crippen molar-refractivity contribution in [2.75, 3.05) is 13.2 Å². The Bertz CT molecular complexity index is 779. The van der Waals surface area contributed by atoms with Crippen LogP contribution >= 0.6 is 0 Å². The maximum absolute atomic E-state index is 11.9. The topological polar surface area (TPSA) is 183 Å². The van der Waals surface area contributed by atoms with E-state index in [4.69, 9.17) is 0 Å². The smallest absolute Gasteiger partial charge is 0.288 e. The monoisotopic (exact) mass is 378 g/mol. The molecule has 0 aliphatic rings. The molecule has 0 unspecified atom stereocenters. The predicted molar refractivity (Wildman–Crippen MR) is 90.4 cm³/mol. The largest absolute Gasteiger partial charge is 0.394 e. The Kier molecular flexibility index (Phi) is 6.91. The molecular weight excluding hydrogens is 360 g/mol. The first kappa shape index (κ1) is 19.9. The summed E-state index contributed by atoms with van der Waals surface area (Å²) in [5.41, 5.74) is 0.164. The normalized spacial score (nSPS) is 12.8. The Labute approximate surface area is 152 Å². The molecule has 2 amide bonds. The van der Waals surface area contributed by atoms with Gasteiger partial charge < -0.3 is 20.8 Å². The molecule has 0 spiro atoms. The number of hydrogen-bond donors (Lipinski definition) is 5. The Hall–Kier alpha value is -3.38. The number of aromatic amines is 1. The minimum absolute atomic E-state index is 0.0111. The summed E-state index contributed by atoms with van der Waals surface area (Å²) < 4.78 is 0. The first-order chi connectivity index (χ1) is 12.9. The van der Waals surface area contributed by atoms with Crippen LogP contribution in [0.3, 0.4) is 0 Å². The lowest BCUT2D eigenvalue weighted by Crippen LogP contribution is -2.43. The molecule has 2 atom stereocenters. The summed E-state index contributed by atoms with van der Waals surface area (Å²) in [7, 11) is 0. The molecule has 0 fully saturated rings. The van der Waals surface area contributed by atoms with E-state index in [-0.39, 0.29) is 24.5 Å². The number of non-ortho nitro benzene ring substituents is 1. The molecule has 1 aromatic carbocycles. The van der Waals surface area contributed by atoms with Crippen molar-refractivity contribution in [3.8, 4) is 0 Å². The fourth-order valence-corrected chi connectivity index (χ4v) is 2.22. The van der Waals surface area contributed by atoms with Gasteiger partial charge >= 0.3 is 0 Å². The zero-order valence-corrected chi connectivity index (χ0v) is 14.0. The lowest BCUT2D eigenvalue weighted by atomic mass is 10.0. The molecule has 0 saturated heterocycles. The summed E-state index contributed by atoms with van der Waals surface area (Å²) in [5, 5.41) is 41.2. The predicted octanol–water partition coefficient (Wildman–Crippen LogP) is -0.956. The third-order valence-corrected chi connectivity index (χ3v) is 3.64. The van der Waals surface area contributed by atoms with Gasteiger partial charge in [0.25, 0.3) is 11.6 Å². The Morgan fingerprint density at radius 3 is 2.56 bits per heavy atom. The number of rotatable bonds is 9. The van der Waals surface area contributed by atoms with Gasteiger partial charge in [-0.25, -0.2) is 4.98 Å². The van der Waals surface area contributed by atoms with Crippen molar-refractivity contribution in [2.24, 2.45) is 0 Å². The molecule has 2 rings (SSSR count). The number of aliphatic hydroxyl groups excluding tert-OH is 2. The Morgan fingerprint density at radius 2 is 2.00 bits per heavy atom. The van der Waals surface area contributed by atoms with Crippen LogP contribution in [0.1, 0.15) is 28.7 Å². The van der Waals surface area contributed by atoms with E-state index in [1.165, 1.54) is 30.6 Å². The number of amides is 2. The Morgan fingerprint density at radius 1 is 1.30 bits per heavy atom. The third-order valence-electron chi connectivity index (χ3n) is 3.64. The quantitative estimate of drug-likeness (QED) is 0.273. The molecule has 12 nitrogen and oxygen atoms in total. The number of nitrogens with zero attached hydrogens (tertiary/aromatic N) is 3. The number of nitrogens with one attached hydrogen (secondary N) is 3. The van der Waals surface area contributed by atoms with Gasteiger partial charge in [0, 0.05) is 25.1 Å². The van der Waals surface area contributed by atoms with Crippen molar-refractivity contribution in [3.05, 3.63) is 52.1 Å². The number of hydrogen-bond acceptors (Lipinski definition) is 8. The van der Waals surface area contributed by atoms with Crippen LogP contribution in [-0.4, -0.2) is 61.3 Å². The van der Waals surface area contributed by atoms with Gasteiger partial charge in [0.15, 0.2) is 0 Å². The van der Waals surface area contributed by atoms with Gasteiger partial charge in [0.1, 0.15) is 12.4 Å². The van der Waals surface area contributed by atoms with Gasteiger partial charge in [0.05, 0.1) is 17.6 Å². The van der Waals surface area contributed by atoms with Gasteiger partial charge in [-0.2, -0.15) is 5.10 Å². The molecule has 0 aliphatic carbocycles. The Balaban J connectivity index is 1.84. The average Bonchev–Trinajstić information content (AvgIpc) is 3.20. The van der Waals surface area contributed by atoms with E-state index in [2.05, 4.69) is 25.8 Å². The van der Waals surface area contributed by atoms with Crippen LogP contribution in [0.4, 0.5) is 5.69 Å². The van der Waals surface area contributed by atoms with Crippen LogP contribution < -0.4 is 10.6 Å². The van der Waals surface area contributed by atoms with Crippen molar-refractivity contribution in [2.45, 2.75) is 18.6 Å².